The summed E-state index contributed by atoms with van der Waals surface area (Å²) in [5.41, 5.74) is 0.747. The first-order valence-electron chi connectivity index (χ1n) is 12.2. The molecule has 37 heavy (non-hydrogen) atoms. The van der Waals surface area contributed by atoms with E-state index in [0.717, 1.165) is 55.9 Å². The van der Waals surface area contributed by atoms with Gasteiger partial charge in [0.25, 0.3) is 0 Å². The summed E-state index contributed by atoms with van der Waals surface area (Å²) < 4.78 is 88.6. The van der Waals surface area contributed by atoms with Gasteiger partial charge in [-0.2, -0.15) is 8.78 Å². The summed E-state index contributed by atoms with van der Waals surface area (Å²) in [6.45, 7) is -1.05. The van der Waals surface area contributed by atoms with Crippen LogP contribution in [0.5, 0.6) is 5.75 Å². The zero-order chi connectivity index (χ0) is 26.5. The minimum Gasteiger partial charge on any atom is -0.432 e. The smallest absolute Gasteiger partial charge is 0.387 e. The largest absolute Gasteiger partial charge is 0.432 e. The fraction of sp³-hybridized carbons (Fsp3) is 0.267. The highest BCUT2D eigenvalue weighted by atomic mass is 19.3. The van der Waals surface area contributed by atoms with Crippen LogP contribution in [-0.4, -0.2) is 6.61 Å². The topological polar surface area (TPSA) is 9.23 Å². The van der Waals surface area contributed by atoms with Gasteiger partial charge in [-0.1, -0.05) is 62.9 Å². The predicted molar refractivity (Wildman–Crippen MR) is 134 cm³/mol. The number of hydrogen-bond donors (Lipinski definition) is 0. The Morgan fingerprint density at radius 3 is 2.11 bits per heavy atom. The van der Waals surface area contributed by atoms with Crippen LogP contribution in [0.15, 0.2) is 60.7 Å². The molecule has 4 rings (SSSR count). The van der Waals surface area contributed by atoms with E-state index in [1.165, 1.54) is 42.8 Å². The second-order valence-corrected chi connectivity index (χ2v) is 8.99. The van der Waals surface area contributed by atoms with Crippen LogP contribution in [0.1, 0.15) is 44.6 Å². The average Bonchev–Trinajstić information content (AvgIpc) is 2.85. The number of rotatable bonds is 10. The van der Waals surface area contributed by atoms with Gasteiger partial charge in [0, 0.05) is 10.9 Å². The molecule has 0 aliphatic heterocycles. The first-order chi connectivity index (χ1) is 17.8. The number of benzene rings is 4. The summed E-state index contributed by atoms with van der Waals surface area (Å²) in [7, 11) is 0. The summed E-state index contributed by atoms with van der Waals surface area (Å²) in [5, 5.41) is 0.211. The molecule has 0 unspecified atom stereocenters. The molecule has 1 nitrogen and oxygen atoms in total. The lowest BCUT2D eigenvalue weighted by molar-refractivity contribution is -0.0520. The molecular weight excluding hydrogens is 490 g/mol. The highest BCUT2D eigenvalue weighted by Gasteiger charge is 2.18. The van der Waals surface area contributed by atoms with Crippen molar-refractivity contribution in [2.24, 2.45) is 0 Å². The van der Waals surface area contributed by atoms with Gasteiger partial charge in [-0.25, -0.2) is 17.6 Å². The third-order valence-corrected chi connectivity index (χ3v) is 6.38. The number of aryl methyl sites for hydroxylation is 1. The van der Waals surface area contributed by atoms with Crippen molar-refractivity contribution in [2.75, 3.05) is 0 Å². The molecule has 0 saturated carbocycles. The van der Waals surface area contributed by atoms with Crippen LogP contribution >= 0.6 is 0 Å². The molecule has 0 atom stereocenters. The highest BCUT2D eigenvalue weighted by Crippen LogP contribution is 2.35. The van der Waals surface area contributed by atoms with Crippen LogP contribution in [0, 0.1) is 23.3 Å². The lowest BCUT2D eigenvalue weighted by Crippen LogP contribution is -2.03. The van der Waals surface area contributed by atoms with Gasteiger partial charge in [0.05, 0.1) is 5.56 Å². The molecule has 4 aromatic rings. The lowest BCUT2D eigenvalue weighted by atomic mass is 9.95. The Labute approximate surface area is 211 Å². The summed E-state index contributed by atoms with van der Waals surface area (Å²) in [5.74, 6) is -4.00. The van der Waals surface area contributed by atoms with Crippen LogP contribution in [0.3, 0.4) is 0 Å². The quantitative estimate of drug-likeness (QED) is 0.151. The van der Waals surface area contributed by atoms with Gasteiger partial charge in [0.2, 0.25) is 0 Å². The van der Waals surface area contributed by atoms with Crippen molar-refractivity contribution >= 4 is 10.8 Å². The van der Waals surface area contributed by atoms with E-state index in [0.29, 0.717) is 0 Å². The second kappa shape index (κ2) is 11.7. The van der Waals surface area contributed by atoms with Crippen molar-refractivity contribution in [3.63, 3.8) is 0 Å². The third kappa shape index (κ3) is 6.09. The van der Waals surface area contributed by atoms with Crippen molar-refractivity contribution in [2.45, 2.75) is 52.1 Å². The van der Waals surface area contributed by atoms with E-state index in [4.69, 9.17) is 0 Å². The molecule has 0 bridgehead atoms. The van der Waals surface area contributed by atoms with Gasteiger partial charge >= 0.3 is 6.61 Å². The van der Waals surface area contributed by atoms with Gasteiger partial charge in [-0.15, -0.1) is 0 Å². The predicted octanol–water partition coefficient (Wildman–Crippen LogP) is 9.84. The van der Waals surface area contributed by atoms with Crippen molar-refractivity contribution in [1.82, 2.24) is 0 Å². The zero-order valence-electron chi connectivity index (χ0n) is 20.3. The van der Waals surface area contributed by atoms with Crippen LogP contribution < -0.4 is 4.74 Å². The van der Waals surface area contributed by atoms with Gasteiger partial charge in [-0.05, 0) is 65.3 Å². The highest BCUT2D eigenvalue weighted by molar-refractivity contribution is 5.89. The minimum atomic E-state index is -3.19. The van der Waals surface area contributed by atoms with E-state index in [9.17, 15) is 17.6 Å². The Hall–Kier alpha value is -3.48. The molecule has 0 aliphatic rings. The Morgan fingerprint density at radius 1 is 0.703 bits per heavy atom. The molecule has 7 heteroatoms. The third-order valence-electron chi connectivity index (χ3n) is 6.38. The van der Waals surface area contributed by atoms with Crippen LogP contribution in [-0.2, 0) is 6.42 Å². The number of ether oxygens (including phenoxy) is 1. The number of halogens is 6. The fourth-order valence-electron chi connectivity index (χ4n) is 4.50. The summed E-state index contributed by atoms with van der Waals surface area (Å²) in [6, 6.07) is 13.1. The fourth-order valence-corrected chi connectivity index (χ4v) is 4.50. The molecule has 0 N–H and O–H groups in total. The molecule has 0 fully saturated rings. The first-order valence-corrected chi connectivity index (χ1v) is 12.2. The molecule has 0 aromatic heterocycles. The summed E-state index contributed by atoms with van der Waals surface area (Å²) in [4.78, 5) is 0. The number of fused-ring (bicyclic) bond motifs is 1. The monoisotopic (exact) mass is 516 g/mol. The Bertz CT molecular complexity index is 1380. The van der Waals surface area contributed by atoms with Crippen molar-refractivity contribution in [3.05, 3.63) is 89.5 Å². The Kier molecular flexibility index (Phi) is 8.41. The van der Waals surface area contributed by atoms with Crippen LogP contribution in [0.4, 0.5) is 26.3 Å². The standard InChI is InChI=1S/C30H26F6O/c1-2-3-4-5-6-7-18-8-11-22(24(31)14-18)21-16-25(32)28(26(33)17-21)20-9-12-23-19(15-20)10-13-27(29(23)34)37-30(35)36/h8-17,30H,2-7H2,1H3. The normalized spacial score (nSPS) is 11.5. The van der Waals surface area contributed by atoms with E-state index in [1.54, 1.807) is 6.07 Å². The number of unbranched alkanes of at least 4 members (excludes halogenated alkanes) is 4. The molecule has 0 radical (unpaired) electrons. The maximum Gasteiger partial charge on any atom is 0.387 e. The van der Waals surface area contributed by atoms with Crippen molar-refractivity contribution in [1.29, 1.82) is 0 Å². The minimum absolute atomic E-state index is 0.0353. The van der Waals surface area contributed by atoms with E-state index in [2.05, 4.69) is 11.7 Å². The van der Waals surface area contributed by atoms with E-state index in [1.807, 2.05) is 0 Å². The molecule has 0 spiro atoms. The Morgan fingerprint density at radius 2 is 1.43 bits per heavy atom. The molecule has 194 valence electrons. The van der Waals surface area contributed by atoms with Gasteiger partial charge in [-0.3, -0.25) is 0 Å². The molecule has 0 heterocycles. The first kappa shape index (κ1) is 26.6. The zero-order valence-corrected chi connectivity index (χ0v) is 20.3. The summed E-state index contributed by atoms with van der Waals surface area (Å²) >= 11 is 0. The number of alkyl halides is 2. The van der Waals surface area contributed by atoms with E-state index >= 15 is 8.78 Å². The van der Waals surface area contributed by atoms with Crippen molar-refractivity contribution < 1.29 is 31.1 Å². The maximum absolute atomic E-state index is 15.1. The lowest BCUT2D eigenvalue weighted by Gasteiger charge is -2.12. The molecular formula is C30H26F6O. The summed E-state index contributed by atoms with van der Waals surface area (Å²) in [6.07, 6.45) is 6.22. The van der Waals surface area contributed by atoms with E-state index in [-0.39, 0.29) is 33.0 Å². The van der Waals surface area contributed by atoms with Gasteiger partial charge < -0.3 is 4.74 Å². The molecule has 0 aliphatic carbocycles. The van der Waals surface area contributed by atoms with Crippen LogP contribution in [0.25, 0.3) is 33.0 Å². The number of hydrogen-bond acceptors (Lipinski definition) is 1. The molecule has 4 aromatic carbocycles. The molecule has 0 saturated heterocycles. The van der Waals surface area contributed by atoms with E-state index < -0.39 is 35.6 Å². The maximum atomic E-state index is 15.1. The van der Waals surface area contributed by atoms with Gasteiger partial charge in [0.15, 0.2) is 11.6 Å². The van der Waals surface area contributed by atoms with Gasteiger partial charge in [0.1, 0.15) is 17.5 Å². The van der Waals surface area contributed by atoms with Crippen molar-refractivity contribution in [3.8, 4) is 28.0 Å². The van der Waals surface area contributed by atoms with Crippen LogP contribution in [0.2, 0.25) is 0 Å². The molecule has 0 amide bonds. The average molecular weight is 517 g/mol. The Balaban J connectivity index is 1.60. The second-order valence-electron chi connectivity index (χ2n) is 8.99. The SMILES string of the molecule is CCCCCCCc1ccc(-c2cc(F)c(-c3ccc4c(F)c(OC(F)F)ccc4c3)c(F)c2)c(F)c1.